The molecule has 0 radical (unpaired) electrons. The van der Waals surface area contributed by atoms with Crippen LogP contribution in [0.4, 0.5) is 13.2 Å². The molecule has 136 valence electrons. The van der Waals surface area contributed by atoms with Gasteiger partial charge in [0, 0.05) is 30.9 Å². The van der Waals surface area contributed by atoms with Gasteiger partial charge in [0.25, 0.3) is 5.91 Å². The Morgan fingerprint density at radius 1 is 1.12 bits per heavy atom. The van der Waals surface area contributed by atoms with Crippen LogP contribution in [0.3, 0.4) is 0 Å². The molecule has 0 saturated carbocycles. The van der Waals surface area contributed by atoms with Gasteiger partial charge in [0.1, 0.15) is 5.65 Å². The molecule has 0 atom stereocenters. The lowest BCUT2D eigenvalue weighted by molar-refractivity contribution is -0.137. The number of benzene rings is 1. The van der Waals surface area contributed by atoms with E-state index in [1.807, 2.05) is 0 Å². The zero-order chi connectivity index (χ0) is 18.9. The molecule has 9 heteroatoms. The highest BCUT2D eigenvalue weighted by Crippen LogP contribution is 2.29. The Kier molecular flexibility index (Phi) is 5.11. The van der Waals surface area contributed by atoms with E-state index in [1.165, 1.54) is 28.8 Å². The zero-order valence-electron chi connectivity index (χ0n) is 13.1. The van der Waals surface area contributed by atoms with Crippen molar-refractivity contribution in [1.82, 2.24) is 14.7 Å². The van der Waals surface area contributed by atoms with Gasteiger partial charge in [-0.15, -0.1) is 0 Å². The number of nitrogens with one attached hydrogen (secondary N) is 1. The molecule has 4 nitrogen and oxygen atoms in total. The minimum atomic E-state index is -4.41. The van der Waals surface area contributed by atoms with Gasteiger partial charge in [-0.3, -0.25) is 4.79 Å². The van der Waals surface area contributed by atoms with Crippen molar-refractivity contribution in [2.75, 3.05) is 6.54 Å². The van der Waals surface area contributed by atoms with Crippen LogP contribution >= 0.6 is 23.2 Å². The topological polar surface area (TPSA) is 46.4 Å². The molecule has 0 bridgehead atoms. The smallest absolute Gasteiger partial charge is 0.352 e. The lowest BCUT2D eigenvalue weighted by Crippen LogP contribution is -2.25. The molecule has 2 aromatic heterocycles. The molecule has 1 amide bonds. The van der Waals surface area contributed by atoms with E-state index in [0.717, 1.165) is 12.3 Å². The number of amides is 1. The van der Waals surface area contributed by atoms with Crippen LogP contribution in [-0.2, 0) is 12.6 Å². The summed E-state index contributed by atoms with van der Waals surface area (Å²) < 4.78 is 39.5. The number of imidazole rings is 1. The lowest BCUT2D eigenvalue weighted by Gasteiger charge is -2.05. The Hall–Kier alpha value is -2.25. The van der Waals surface area contributed by atoms with Crippen molar-refractivity contribution in [3.63, 3.8) is 0 Å². The van der Waals surface area contributed by atoms with Crippen LogP contribution in [0.25, 0.3) is 5.65 Å². The molecule has 3 aromatic rings. The molecular weight excluding hydrogens is 390 g/mol. The fraction of sp³-hybridized carbons (Fsp3) is 0.176. The number of nitrogens with zero attached hydrogens (tertiary/aromatic N) is 2. The van der Waals surface area contributed by atoms with Gasteiger partial charge >= 0.3 is 6.18 Å². The summed E-state index contributed by atoms with van der Waals surface area (Å²) in [6, 6.07) is 6.83. The van der Waals surface area contributed by atoms with Crippen LogP contribution in [0.15, 0.2) is 42.7 Å². The maximum Gasteiger partial charge on any atom is 0.417 e. The van der Waals surface area contributed by atoms with Crippen LogP contribution in [0.5, 0.6) is 0 Å². The van der Waals surface area contributed by atoms with Crippen molar-refractivity contribution in [2.24, 2.45) is 0 Å². The first-order valence-corrected chi connectivity index (χ1v) is 8.28. The van der Waals surface area contributed by atoms with Crippen LogP contribution in [0.2, 0.25) is 10.0 Å². The van der Waals surface area contributed by atoms with Gasteiger partial charge in [-0.25, -0.2) is 4.98 Å². The predicted molar refractivity (Wildman–Crippen MR) is 92.7 cm³/mol. The molecule has 0 aliphatic carbocycles. The summed E-state index contributed by atoms with van der Waals surface area (Å²) >= 11 is 11.7. The summed E-state index contributed by atoms with van der Waals surface area (Å²) in [6.45, 7) is 0.273. The molecule has 1 aromatic carbocycles. The number of fused-ring (bicyclic) bond motifs is 1. The summed E-state index contributed by atoms with van der Waals surface area (Å²) in [5.41, 5.74) is 0.591. The van der Waals surface area contributed by atoms with E-state index in [2.05, 4.69) is 10.3 Å². The van der Waals surface area contributed by atoms with Crippen molar-refractivity contribution in [2.45, 2.75) is 12.6 Å². The average molecular weight is 402 g/mol. The molecule has 2 heterocycles. The zero-order valence-corrected chi connectivity index (χ0v) is 14.7. The Bertz CT molecular complexity index is 970. The van der Waals surface area contributed by atoms with Crippen molar-refractivity contribution >= 4 is 34.8 Å². The van der Waals surface area contributed by atoms with Gasteiger partial charge in [0.05, 0.1) is 21.3 Å². The van der Waals surface area contributed by atoms with Gasteiger partial charge in [-0.2, -0.15) is 13.2 Å². The number of hydrogen-bond acceptors (Lipinski definition) is 2. The second-order valence-electron chi connectivity index (χ2n) is 5.55. The fourth-order valence-electron chi connectivity index (χ4n) is 2.38. The van der Waals surface area contributed by atoms with Gasteiger partial charge in [0.2, 0.25) is 0 Å². The number of alkyl halides is 3. The maximum absolute atomic E-state index is 12.7. The molecule has 3 rings (SSSR count). The Morgan fingerprint density at radius 3 is 2.58 bits per heavy atom. The highest BCUT2D eigenvalue weighted by Gasteiger charge is 2.30. The van der Waals surface area contributed by atoms with Crippen molar-refractivity contribution in [3.8, 4) is 0 Å². The third-order valence-electron chi connectivity index (χ3n) is 3.68. The van der Waals surface area contributed by atoms with Gasteiger partial charge in [-0.1, -0.05) is 23.2 Å². The van der Waals surface area contributed by atoms with Crippen LogP contribution in [0, 0.1) is 0 Å². The molecule has 0 fully saturated rings. The Labute approximate surface area is 156 Å². The van der Waals surface area contributed by atoms with E-state index in [4.69, 9.17) is 23.2 Å². The van der Waals surface area contributed by atoms with Crippen molar-refractivity contribution in [3.05, 3.63) is 69.6 Å². The second kappa shape index (κ2) is 7.17. The molecule has 0 saturated heterocycles. The first kappa shape index (κ1) is 18.5. The summed E-state index contributed by atoms with van der Waals surface area (Å²) in [7, 11) is 0. The SMILES string of the molecule is O=C(NCCc1cn2cc(C(F)(F)F)ccc2n1)c1ccc(Cl)c(Cl)c1. The van der Waals surface area contributed by atoms with E-state index >= 15 is 0 Å². The minimum Gasteiger partial charge on any atom is -0.352 e. The standard InChI is InChI=1S/C17H12Cl2F3N3O/c18-13-3-1-10(7-14(13)19)16(26)23-6-5-12-9-25-8-11(17(20,21)22)2-4-15(25)24-12/h1-4,7-9H,5-6H2,(H,23,26). The summed E-state index contributed by atoms with van der Waals surface area (Å²) in [5, 5.41) is 3.33. The molecule has 0 aliphatic rings. The number of carbonyl (C=O) groups excluding carboxylic acids is 1. The predicted octanol–water partition coefficient (Wildman–Crippen LogP) is 4.63. The van der Waals surface area contributed by atoms with Crippen LogP contribution in [-0.4, -0.2) is 21.8 Å². The van der Waals surface area contributed by atoms with Gasteiger partial charge < -0.3 is 9.72 Å². The number of carbonyl (C=O) groups is 1. The molecule has 0 spiro atoms. The summed E-state index contributed by atoms with van der Waals surface area (Å²) in [4.78, 5) is 16.3. The first-order valence-electron chi connectivity index (χ1n) is 7.52. The van der Waals surface area contributed by atoms with Crippen LogP contribution in [0.1, 0.15) is 21.6 Å². The summed E-state index contributed by atoms with van der Waals surface area (Å²) in [6.07, 6.45) is -1.54. The maximum atomic E-state index is 12.7. The van der Waals surface area contributed by atoms with E-state index in [9.17, 15) is 18.0 Å². The number of hydrogen-bond donors (Lipinski definition) is 1. The molecule has 0 aliphatic heterocycles. The molecular formula is C17H12Cl2F3N3O. The van der Waals surface area contributed by atoms with Crippen LogP contribution < -0.4 is 5.32 Å². The third kappa shape index (κ3) is 4.11. The van der Waals surface area contributed by atoms with Gasteiger partial charge in [0.15, 0.2) is 0 Å². The van der Waals surface area contributed by atoms with Crippen molar-refractivity contribution < 1.29 is 18.0 Å². The van der Waals surface area contributed by atoms with E-state index in [1.54, 1.807) is 6.07 Å². The molecule has 1 N–H and O–H groups in total. The number of aromatic nitrogens is 2. The molecule has 0 unspecified atom stereocenters. The normalized spacial score (nSPS) is 11.7. The average Bonchev–Trinajstić information content (AvgIpc) is 2.98. The number of halogens is 5. The third-order valence-corrected chi connectivity index (χ3v) is 4.42. The number of pyridine rings is 1. The minimum absolute atomic E-state index is 0.273. The van der Waals surface area contributed by atoms with E-state index < -0.39 is 11.7 Å². The second-order valence-corrected chi connectivity index (χ2v) is 6.36. The molecule has 26 heavy (non-hydrogen) atoms. The highest BCUT2D eigenvalue weighted by molar-refractivity contribution is 6.42. The first-order chi connectivity index (χ1) is 12.2. The van der Waals surface area contributed by atoms with Crippen molar-refractivity contribution in [1.29, 1.82) is 0 Å². The number of rotatable bonds is 4. The summed E-state index contributed by atoms with van der Waals surface area (Å²) in [5.74, 6) is -0.327. The highest BCUT2D eigenvalue weighted by atomic mass is 35.5. The fourth-order valence-corrected chi connectivity index (χ4v) is 2.67. The quantitative estimate of drug-likeness (QED) is 0.692. The largest absolute Gasteiger partial charge is 0.417 e. The van der Waals surface area contributed by atoms with E-state index in [-0.39, 0.29) is 17.5 Å². The van der Waals surface area contributed by atoms with Gasteiger partial charge in [-0.05, 0) is 30.3 Å². The Morgan fingerprint density at radius 2 is 1.88 bits per heavy atom. The van der Waals surface area contributed by atoms with E-state index in [0.29, 0.717) is 28.3 Å². The lowest BCUT2D eigenvalue weighted by atomic mass is 10.2. The monoisotopic (exact) mass is 401 g/mol. The Balaban J connectivity index is 1.64.